The van der Waals surface area contributed by atoms with E-state index in [9.17, 15) is 18.0 Å². The van der Waals surface area contributed by atoms with Crippen molar-refractivity contribution >= 4 is 39.2 Å². The first kappa shape index (κ1) is 25.4. The molecular formula is C23H27ClN2O5S. The highest BCUT2D eigenvalue weighted by Crippen LogP contribution is 2.30. The van der Waals surface area contributed by atoms with Crippen LogP contribution in [0.2, 0.25) is 5.02 Å². The molecule has 0 saturated heterocycles. The van der Waals surface area contributed by atoms with Crippen LogP contribution in [0.3, 0.4) is 0 Å². The molecule has 0 spiro atoms. The zero-order valence-electron chi connectivity index (χ0n) is 18.2. The molecule has 1 atom stereocenters. The van der Waals surface area contributed by atoms with E-state index in [1.54, 1.807) is 24.3 Å². The minimum absolute atomic E-state index is 0.00787. The van der Waals surface area contributed by atoms with Gasteiger partial charge in [-0.1, -0.05) is 49.7 Å². The summed E-state index contributed by atoms with van der Waals surface area (Å²) in [5.41, 5.74) is 0.298. The Labute approximate surface area is 194 Å². The highest BCUT2D eigenvalue weighted by atomic mass is 35.5. The van der Waals surface area contributed by atoms with Crippen molar-refractivity contribution in [1.82, 2.24) is 5.32 Å². The van der Waals surface area contributed by atoms with E-state index in [1.165, 1.54) is 30.3 Å². The zero-order valence-corrected chi connectivity index (χ0v) is 19.8. The molecule has 0 saturated carbocycles. The lowest BCUT2D eigenvalue weighted by Gasteiger charge is -2.24. The summed E-state index contributed by atoms with van der Waals surface area (Å²) < 4.78 is 32.8. The van der Waals surface area contributed by atoms with E-state index in [1.807, 2.05) is 20.8 Å². The topological polar surface area (TPSA) is 92.8 Å². The molecule has 0 aliphatic carbocycles. The Bertz CT molecular complexity index is 1090. The van der Waals surface area contributed by atoms with Crippen molar-refractivity contribution < 1.29 is 22.7 Å². The van der Waals surface area contributed by atoms with Gasteiger partial charge in [-0.05, 0) is 43.2 Å². The fourth-order valence-corrected chi connectivity index (χ4v) is 4.47. The Morgan fingerprint density at radius 2 is 1.84 bits per heavy atom. The summed E-state index contributed by atoms with van der Waals surface area (Å²) in [6, 6.07) is 11.9. The number of amides is 1. The van der Waals surface area contributed by atoms with Crippen LogP contribution in [0.1, 0.15) is 31.1 Å². The van der Waals surface area contributed by atoms with Gasteiger partial charge in [-0.3, -0.25) is 9.10 Å². The first-order chi connectivity index (χ1) is 15.1. The first-order valence-corrected chi connectivity index (χ1v) is 11.8. The third-order valence-electron chi connectivity index (χ3n) is 4.80. The quantitative estimate of drug-likeness (QED) is 0.411. The van der Waals surface area contributed by atoms with Crippen LogP contribution in [0.5, 0.6) is 0 Å². The molecule has 0 heterocycles. The number of carbonyl (C=O) groups excluding carboxylic acids is 2. The highest BCUT2D eigenvalue weighted by Gasteiger charge is 2.26. The predicted octanol–water partition coefficient (Wildman–Crippen LogP) is 4.04. The molecule has 0 bridgehead atoms. The molecule has 0 aromatic heterocycles. The van der Waals surface area contributed by atoms with Crippen molar-refractivity contribution in [2.75, 3.05) is 17.5 Å². The van der Waals surface area contributed by atoms with Gasteiger partial charge in [0, 0.05) is 6.04 Å². The Kier molecular flexibility index (Phi) is 8.86. The second kappa shape index (κ2) is 11.2. The van der Waals surface area contributed by atoms with Gasteiger partial charge in [0.1, 0.15) is 0 Å². The number of hydrogen-bond acceptors (Lipinski definition) is 5. The molecule has 2 aromatic rings. The van der Waals surface area contributed by atoms with Crippen LogP contribution < -0.4 is 9.62 Å². The number of anilines is 1. The number of benzene rings is 2. The lowest BCUT2D eigenvalue weighted by atomic mass is 10.1. The number of carbonyl (C=O) groups is 2. The number of ether oxygens (including phenoxy) is 1. The van der Waals surface area contributed by atoms with Crippen molar-refractivity contribution in [2.24, 2.45) is 5.92 Å². The number of para-hydroxylation sites is 1. The molecule has 1 unspecified atom stereocenters. The minimum atomic E-state index is -4.06. The van der Waals surface area contributed by atoms with Gasteiger partial charge in [-0.15, -0.1) is 6.58 Å². The molecule has 7 nitrogen and oxygen atoms in total. The Morgan fingerprint density at radius 3 is 2.47 bits per heavy atom. The molecule has 2 rings (SSSR count). The maximum absolute atomic E-state index is 13.3. The molecule has 0 aliphatic heterocycles. The van der Waals surface area contributed by atoms with E-state index >= 15 is 0 Å². The van der Waals surface area contributed by atoms with Crippen molar-refractivity contribution in [3.63, 3.8) is 0 Å². The maximum Gasteiger partial charge on any atom is 0.338 e. The molecule has 172 valence electrons. The van der Waals surface area contributed by atoms with Gasteiger partial charge in [0.25, 0.3) is 15.9 Å². The zero-order chi connectivity index (χ0) is 23.9. The van der Waals surface area contributed by atoms with E-state index < -0.39 is 28.5 Å². The van der Waals surface area contributed by atoms with Crippen molar-refractivity contribution in [3.8, 4) is 0 Å². The maximum atomic E-state index is 13.3. The summed E-state index contributed by atoms with van der Waals surface area (Å²) in [5, 5.41) is 2.99. The summed E-state index contributed by atoms with van der Waals surface area (Å²) in [6.07, 6.45) is 1.44. The van der Waals surface area contributed by atoms with Gasteiger partial charge < -0.3 is 10.1 Å². The molecule has 1 N–H and O–H groups in total. The van der Waals surface area contributed by atoms with Crippen LogP contribution in [0.15, 0.2) is 66.1 Å². The lowest BCUT2D eigenvalue weighted by Crippen LogP contribution is -2.38. The number of nitrogens with zero attached hydrogens (tertiary/aromatic N) is 1. The summed E-state index contributed by atoms with van der Waals surface area (Å²) in [7, 11) is -4.06. The van der Waals surface area contributed by atoms with E-state index in [4.69, 9.17) is 16.3 Å². The van der Waals surface area contributed by atoms with E-state index in [-0.39, 0.29) is 39.7 Å². The number of halogens is 1. The first-order valence-electron chi connectivity index (χ1n) is 10.0. The third kappa shape index (κ3) is 6.34. The second-order valence-corrected chi connectivity index (χ2v) is 9.75. The fraction of sp³-hybridized carbons (Fsp3) is 0.304. The van der Waals surface area contributed by atoms with Gasteiger partial charge in [0.2, 0.25) is 0 Å². The Morgan fingerprint density at radius 1 is 1.16 bits per heavy atom. The molecule has 32 heavy (non-hydrogen) atoms. The van der Waals surface area contributed by atoms with Crippen molar-refractivity contribution in [3.05, 3.63) is 71.8 Å². The number of hydrogen-bond donors (Lipinski definition) is 1. The molecule has 2 aromatic carbocycles. The lowest BCUT2D eigenvalue weighted by molar-refractivity contribution is -0.125. The largest absolute Gasteiger partial charge is 0.452 e. The third-order valence-corrected chi connectivity index (χ3v) is 6.89. The van der Waals surface area contributed by atoms with Crippen LogP contribution in [-0.4, -0.2) is 39.5 Å². The monoisotopic (exact) mass is 478 g/mol. The molecule has 0 aliphatic rings. The average molecular weight is 479 g/mol. The van der Waals surface area contributed by atoms with Gasteiger partial charge in [-0.2, -0.15) is 0 Å². The van der Waals surface area contributed by atoms with Gasteiger partial charge in [0.05, 0.1) is 27.7 Å². The van der Waals surface area contributed by atoms with Crippen LogP contribution in [-0.2, 0) is 19.6 Å². The Balaban J connectivity index is 2.23. The number of nitrogens with one attached hydrogen (secondary N) is 1. The second-order valence-electron chi connectivity index (χ2n) is 7.48. The van der Waals surface area contributed by atoms with Crippen LogP contribution >= 0.6 is 11.6 Å². The average Bonchev–Trinajstić information content (AvgIpc) is 2.76. The summed E-state index contributed by atoms with van der Waals surface area (Å²) in [4.78, 5) is 24.3. The predicted molar refractivity (Wildman–Crippen MR) is 125 cm³/mol. The highest BCUT2D eigenvalue weighted by molar-refractivity contribution is 7.92. The molecule has 0 radical (unpaired) electrons. The molecular weight excluding hydrogens is 452 g/mol. The minimum Gasteiger partial charge on any atom is -0.452 e. The van der Waals surface area contributed by atoms with E-state index in [0.29, 0.717) is 0 Å². The normalized spacial score (nSPS) is 12.2. The van der Waals surface area contributed by atoms with Crippen molar-refractivity contribution in [1.29, 1.82) is 0 Å². The number of esters is 1. The van der Waals surface area contributed by atoms with E-state index in [0.717, 1.165) is 4.31 Å². The van der Waals surface area contributed by atoms with Gasteiger partial charge >= 0.3 is 5.97 Å². The van der Waals surface area contributed by atoms with Crippen LogP contribution in [0, 0.1) is 5.92 Å². The SMILES string of the molecule is C=CCN(c1ccccc1Cl)S(=O)(=O)c1cccc(C(=O)OCC(=O)NC(C)C(C)C)c1. The van der Waals surface area contributed by atoms with Gasteiger partial charge in [0.15, 0.2) is 6.61 Å². The van der Waals surface area contributed by atoms with Crippen LogP contribution in [0.4, 0.5) is 5.69 Å². The Hall–Kier alpha value is -2.84. The summed E-state index contributed by atoms with van der Waals surface area (Å²) in [6.45, 7) is 8.91. The van der Waals surface area contributed by atoms with Crippen LogP contribution in [0.25, 0.3) is 0 Å². The molecule has 0 fully saturated rings. The van der Waals surface area contributed by atoms with Crippen molar-refractivity contribution in [2.45, 2.75) is 31.7 Å². The van der Waals surface area contributed by atoms with E-state index in [2.05, 4.69) is 11.9 Å². The summed E-state index contributed by atoms with van der Waals surface area (Å²) >= 11 is 6.20. The smallest absolute Gasteiger partial charge is 0.338 e. The van der Waals surface area contributed by atoms with Gasteiger partial charge in [-0.25, -0.2) is 13.2 Å². The fourth-order valence-electron chi connectivity index (χ4n) is 2.68. The number of sulfonamides is 1. The standard InChI is InChI=1S/C23H27ClN2O5S/c1-5-13-26(21-12-7-6-11-20(21)24)32(29,30)19-10-8-9-18(14-19)23(28)31-15-22(27)25-17(4)16(2)3/h5-12,14,16-17H,1,13,15H2,2-4H3,(H,25,27). The molecule has 1 amide bonds. The molecule has 9 heteroatoms. The number of rotatable bonds is 10. The summed E-state index contributed by atoms with van der Waals surface area (Å²) in [5.74, 6) is -1.00.